The zero-order valence-corrected chi connectivity index (χ0v) is 11.1. The van der Waals surface area contributed by atoms with E-state index < -0.39 is 11.9 Å². The summed E-state index contributed by atoms with van der Waals surface area (Å²) >= 11 is 0. The second-order valence-corrected chi connectivity index (χ2v) is 5.07. The molecule has 1 aromatic heterocycles. The van der Waals surface area contributed by atoms with Gasteiger partial charge < -0.3 is 15.0 Å². The largest absolute Gasteiger partial charge is 0.481 e. The first kappa shape index (κ1) is 13.6. The second-order valence-electron chi connectivity index (χ2n) is 5.07. The third kappa shape index (κ3) is 3.36. The van der Waals surface area contributed by atoms with Gasteiger partial charge >= 0.3 is 5.97 Å². The van der Waals surface area contributed by atoms with Gasteiger partial charge in [0.2, 0.25) is 0 Å². The Morgan fingerprint density at radius 1 is 1.53 bits per heavy atom. The van der Waals surface area contributed by atoms with Crippen LogP contribution in [0.3, 0.4) is 0 Å². The van der Waals surface area contributed by atoms with E-state index in [9.17, 15) is 9.59 Å². The van der Waals surface area contributed by atoms with Crippen molar-refractivity contribution in [2.45, 2.75) is 38.6 Å². The van der Waals surface area contributed by atoms with E-state index >= 15 is 0 Å². The van der Waals surface area contributed by atoms with Crippen LogP contribution in [0.2, 0.25) is 0 Å². The lowest BCUT2D eigenvalue weighted by Gasteiger charge is -2.13. The molecule has 1 heterocycles. The van der Waals surface area contributed by atoms with Crippen LogP contribution in [-0.4, -0.2) is 28.1 Å². The number of aliphatic carboxylic acids is 1. The van der Waals surface area contributed by atoms with Crippen LogP contribution in [0.4, 0.5) is 0 Å². The van der Waals surface area contributed by atoms with Crippen LogP contribution in [0.25, 0.3) is 0 Å². The number of carboxylic acids is 1. The van der Waals surface area contributed by atoms with Crippen LogP contribution in [0.1, 0.15) is 49.1 Å². The minimum Gasteiger partial charge on any atom is -0.481 e. The smallest absolute Gasteiger partial charge is 0.308 e. The number of carbonyl (C=O) groups is 2. The number of carbonyl (C=O) groups excluding carboxylic acids is 1. The van der Waals surface area contributed by atoms with Crippen molar-refractivity contribution >= 4 is 11.9 Å². The number of nitrogens with one attached hydrogen (secondary N) is 1. The van der Waals surface area contributed by atoms with Crippen LogP contribution in [0, 0.1) is 5.92 Å². The molecule has 1 unspecified atom stereocenters. The molecule has 2 rings (SSSR count). The standard InChI is InChI=1S/C14H20N2O3/c1-2-4-10(14(18)19)9-15-13(17)12-5-3-8-16(12)11-6-7-11/h3,5,8,10-11H,2,4,6-7,9H2,1H3,(H,15,17)(H,18,19). The molecule has 5 nitrogen and oxygen atoms in total. The van der Waals surface area contributed by atoms with Crippen molar-refractivity contribution in [2.24, 2.45) is 5.92 Å². The minimum atomic E-state index is -0.847. The number of aromatic nitrogens is 1. The number of amides is 1. The van der Waals surface area contributed by atoms with Crippen LogP contribution in [0.15, 0.2) is 18.3 Å². The molecule has 1 amide bonds. The summed E-state index contributed by atoms with van der Waals surface area (Å²) in [6, 6.07) is 4.08. The molecule has 1 saturated carbocycles. The summed E-state index contributed by atoms with van der Waals surface area (Å²) in [5, 5.41) is 11.8. The van der Waals surface area contributed by atoms with Crippen LogP contribution in [0.5, 0.6) is 0 Å². The molecule has 0 bridgehead atoms. The number of hydrogen-bond donors (Lipinski definition) is 2. The monoisotopic (exact) mass is 264 g/mol. The topological polar surface area (TPSA) is 71.3 Å². The fraction of sp³-hybridized carbons (Fsp3) is 0.571. The van der Waals surface area contributed by atoms with Crippen LogP contribution >= 0.6 is 0 Å². The van der Waals surface area contributed by atoms with Crippen molar-refractivity contribution in [3.63, 3.8) is 0 Å². The Kier molecular flexibility index (Phi) is 4.24. The summed E-state index contributed by atoms with van der Waals surface area (Å²) < 4.78 is 1.98. The van der Waals surface area contributed by atoms with E-state index in [-0.39, 0.29) is 12.5 Å². The van der Waals surface area contributed by atoms with Crippen molar-refractivity contribution < 1.29 is 14.7 Å². The fourth-order valence-corrected chi connectivity index (χ4v) is 2.23. The minimum absolute atomic E-state index is 0.181. The molecule has 0 aromatic carbocycles. The molecular weight excluding hydrogens is 244 g/mol. The summed E-state index contributed by atoms with van der Waals surface area (Å²) in [5.41, 5.74) is 0.628. The first-order chi connectivity index (χ1) is 9.13. The van der Waals surface area contributed by atoms with E-state index in [1.807, 2.05) is 23.8 Å². The van der Waals surface area contributed by atoms with Crippen molar-refractivity contribution in [3.8, 4) is 0 Å². The van der Waals surface area contributed by atoms with Crippen molar-refractivity contribution in [2.75, 3.05) is 6.54 Å². The molecule has 0 aliphatic heterocycles. The third-order valence-corrected chi connectivity index (χ3v) is 3.45. The van der Waals surface area contributed by atoms with Gasteiger partial charge in [-0.1, -0.05) is 13.3 Å². The summed E-state index contributed by atoms with van der Waals surface area (Å²) in [6.07, 6.45) is 5.52. The molecule has 1 atom stereocenters. The highest BCUT2D eigenvalue weighted by Crippen LogP contribution is 2.35. The van der Waals surface area contributed by atoms with Crippen molar-refractivity contribution in [1.82, 2.24) is 9.88 Å². The lowest BCUT2D eigenvalue weighted by atomic mass is 10.0. The highest BCUT2D eigenvalue weighted by molar-refractivity contribution is 5.93. The number of rotatable bonds is 7. The Bertz CT molecular complexity index is 463. The van der Waals surface area contributed by atoms with Gasteiger partial charge in [-0.05, 0) is 31.4 Å². The zero-order chi connectivity index (χ0) is 13.8. The first-order valence-electron chi connectivity index (χ1n) is 6.81. The van der Waals surface area contributed by atoms with Gasteiger partial charge in [-0.2, -0.15) is 0 Å². The van der Waals surface area contributed by atoms with Gasteiger partial charge in [0.15, 0.2) is 0 Å². The Balaban J connectivity index is 1.93. The SMILES string of the molecule is CCCC(CNC(=O)c1cccn1C1CC1)C(=O)O. The Morgan fingerprint density at radius 2 is 2.26 bits per heavy atom. The quantitative estimate of drug-likeness (QED) is 0.791. The molecular formula is C14H20N2O3. The number of carboxylic acid groups (broad SMARTS) is 1. The van der Waals surface area contributed by atoms with Gasteiger partial charge in [-0.25, -0.2) is 0 Å². The molecule has 1 aliphatic rings. The van der Waals surface area contributed by atoms with Gasteiger partial charge in [-0.3, -0.25) is 9.59 Å². The molecule has 0 saturated heterocycles. The van der Waals surface area contributed by atoms with Crippen molar-refractivity contribution in [3.05, 3.63) is 24.0 Å². The average Bonchev–Trinajstić information content (AvgIpc) is 3.11. The predicted octanol–water partition coefficient (Wildman–Crippen LogP) is 2.05. The molecule has 5 heteroatoms. The molecule has 1 fully saturated rings. The Morgan fingerprint density at radius 3 is 2.84 bits per heavy atom. The van der Waals surface area contributed by atoms with Crippen molar-refractivity contribution in [1.29, 1.82) is 0 Å². The molecule has 2 N–H and O–H groups in total. The Labute approximate surface area is 112 Å². The predicted molar refractivity (Wildman–Crippen MR) is 71.1 cm³/mol. The number of hydrogen-bond acceptors (Lipinski definition) is 2. The van der Waals surface area contributed by atoms with E-state index in [0.29, 0.717) is 18.2 Å². The van der Waals surface area contributed by atoms with Gasteiger partial charge in [0.05, 0.1) is 5.92 Å². The normalized spacial score (nSPS) is 16.1. The highest BCUT2D eigenvalue weighted by Gasteiger charge is 2.27. The third-order valence-electron chi connectivity index (χ3n) is 3.45. The first-order valence-corrected chi connectivity index (χ1v) is 6.81. The zero-order valence-electron chi connectivity index (χ0n) is 11.1. The van der Waals surface area contributed by atoms with E-state index in [0.717, 1.165) is 19.3 Å². The van der Waals surface area contributed by atoms with Crippen LogP contribution in [-0.2, 0) is 4.79 Å². The van der Waals surface area contributed by atoms with E-state index in [1.54, 1.807) is 6.07 Å². The summed E-state index contributed by atoms with van der Waals surface area (Å²) in [4.78, 5) is 23.1. The van der Waals surface area contributed by atoms with E-state index in [4.69, 9.17) is 5.11 Å². The Hall–Kier alpha value is -1.78. The van der Waals surface area contributed by atoms with Gasteiger partial charge in [0.25, 0.3) is 5.91 Å². The van der Waals surface area contributed by atoms with E-state index in [2.05, 4.69) is 5.32 Å². The summed E-state index contributed by atoms with van der Waals surface area (Å²) in [6.45, 7) is 2.13. The average molecular weight is 264 g/mol. The summed E-state index contributed by atoms with van der Waals surface area (Å²) in [7, 11) is 0. The molecule has 19 heavy (non-hydrogen) atoms. The molecule has 1 aromatic rings. The highest BCUT2D eigenvalue weighted by atomic mass is 16.4. The molecule has 104 valence electrons. The lowest BCUT2D eigenvalue weighted by Crippen LogP contribution is -2.33. The molecule has 0 radical (unpaired) electrons. The summed E-state index contributed by atoms with van der Waals surface area (Å²) in [5.74, 6) is -1.53. The fourth-order valence-electron chi connectivity index (χ4n) is 2.23. The van der Waals surface area contributed by atoms with Crippen LogP contribution < -0.4 is 5.32 Å². The number of nitrogens with zero attached hydrogens (tertiary/aromatic N) is 1. The van der Waals surface area contributed by atoms with Gasteiger partial charge in [0.1, 0.15) is 5.69 Å². The molecule has 0 spiro atoms. The lowest BCUT2D eigenvalue weighted by molar-refractivity contribution is -0.141. The van der Waals surface area contributed by atoms with Gasteiger partial charge in [0, 0.05) is 18.8 Å². The maximum absolute atomic E-state index is 12.1. The second kappa shape index (κ2) is 5.91. The maximum Gasteiger partial charge on any atom is 0.308 e. The maximum atomic E-state index is 12.1. The van der Waals surface area contributed by atoms with Gasteiger partial charge in [-0.15, -0.1) is 0 Å². The van der Waals surface area contributed by atoms with E-state index in [1.165, 1.54) is 0 Å². The molecule has 1 aliphatic carbocycles.